The molecule has 3 N–H and O–H groups in total. The number of fused-ring (bicyclic) bond motifs is 2. The maximum atomic E-state index is 12.2. The minimum Gasteiger partial charge on any atom is -0.382 e. The Labute approximate surface area is 193 Å². The van der Waals surface area contributed by atoms with E-state index in [0.29, 0.717) is 24.3 Å². The SMILES string of the molecule is CC(C)(C)CNCCn1c(Sc2cc3c(cc2I)CCC3=O)nc2c(N)ncnc21. The van der Waals surface area contributed by atoms with Gasteiger partial charge < -0.3 is 15.6 Å². The molecule has 0 aliphatic heterocycles. The average molecular weight is 536 g/mol. The molecule has 0 amide bonds. The Morgan fingerprint density at radius 1 is 1.27 bits per heavy atom. The van der Waals surface area contributed by atoms with Crippen molar-refractivity contribution in [1.29, 1.82) is 0 Å². The van der Waals surface area contributed by atoms with Crippen LogP contribution >= 0.6 is 34.4 Å². The highest BCUT2D eigenvalue weighted by molar-refractivity contribution is 14.1. The van der Waals surface area contributed by atoms with E-state index in [1.165, 1.54) is 6.33 Å². The molecule has 0 spiro atoms. The standard InChI is InChI=1S/C21H25IN6OS/c1-21(2,3)10-24-6-7-28-19-17(18(23)25-11-26-19)27-20(28)30-16-9-13-12(8-14(16)22)4-5-15(13)29/h8-9,11,24H,4-7,10H2,1-3H3,(H2,23,25,26). The molecule has 0 bridgehead atoms. The number of anilines is 1. The number of nitrogen functional groups attached to an aromatic ring is 1. The van der Waals surface area contributed by atoms with Gasteiger partial charge in [0.2, 0.25) is 0 Å². The highest BCUT2D eigenvalue weighted by Crippen LogP contribution is 2.37. The van der Waals surface area contributed by atoms with Crippen LogP contribution in [-0.4, -0.2) is 38.4 Å². The van der Waals surface area contributed by atoms with Crippen molar-refractivity contribution in [2.45, 2.75) is 50.2 Å². The molecule has 0 fully saturated rings. The largest absolute Gasteiger partial charge is 0.382 e. The third-order valence-corrected chi connectivity index (χ3v) is 7.28. The van der Waals surface area contributed by atoms with E-state index in [4.69, 9.17) is 10.7 Å². The summed E-state index contributed by atoms with van der Waals surface area (Å²) >= 11 is 3.88. The molecular weight excluding hydrogens is 511 g/mol. The Hall–Kier alpha value is -1.72. The van der Waals surface area contributed by atoms with Crippen LogP contribution in [0.5, 0.6) is 0 Å². The minimum atomic E-state index is 0.217. The summed E-state index contributed by atoms with van der Waals surface area (Å²) in [6.45, 7) is 9.05. The second-order valence-corrected chi connectivity index (χ2v) is 10.9. The Morgan fingerprint density at radius 2 is 2.07 bits per heavy atom. The summed E-state index contributed by atoms with van der Waals surface area (Å²) in [5.41, 5.74) is 9.61. The van der Waals surface area contributed by atoms with E-state index in [9.17, 15) is 4.79 Å². The molecule has 0 unspecified atom stereocenters. The predicted molar refractivity (Wildman–Crippen MR) is 128 cm³/mol. The number of carbonyl (C=O) groups is 1. The summed E-state index contributed by atoms with van der Waals surface area (Å²) < 4.78 is 3.20. The lowest BCUT2D eigenvalue weighted by atomic mass is 9.97. The molecule has 3 aromatic rings. The van der Waals surface area contributed by atoms with Gasteiger partial charge in [0.15, 0.2) is 27.9 Å². The van der Waals surface area contributed by atoms with E-state index >= 15 is 0 Å². The number of Topliss-reactive ketones (excluding diaryl/α,β-unsaturated/α-hetero) is 1. The molecule has 7 nitrogen and oxygen atoms in total. The number of aryl methyl sites for hydroxylation is 1. The smallest absolute Gasteiger partial charge is 0.175 e. The van der Waals surface area contributed by atoms with E-state index in [-0.39, 0.29) is 11.2 Å². The molecule has 0 saturated carbocycles. The third-order valence-electron chi connectivity index (χ3n) is 4.97. The Kier molecular flexibility index (Phi) is 6.04. The highest BCUT2D eigenvalue weighted by atomic mass is 127. The number of imidazole rings is 1. The van der Waals surface area contributed by atoms with Crippen molar-refractivity contribution in [3.05, 3.63) is 33.2 Å². The van der Waals surface area contributed by atoms with Gasteiger partial charge in [0.1, 0.15) is 6.33 Å². The normalized spacial score (nSPS) is 13.9. The van der Waals surface area contributed by atoms with Gasteiger partial charge in [-0.15, -0.1) is 0 Å². The molecular formula is C21H25IN6OS. The first-order valence-corrected chi connectivity index (χ1v) is 11.8. The average Bonchev–Trinajstić information content (AvgIpc) is 3.20. The van der Waals surface area contributed by atoms with Gasteiger partial charge in [-0.2, -0.15) is 0 Å². The van der Waals surface area contributed by atoms with Gasteiger partial charge in [0.25, 0.3) is 0 Å². The van der Waals surface area contributed by atoms with Crippen molar-refractivity contribution in [3.63, 3.8) is 0 Å². The monoisotopic (exact) mass is 536 g/mol. The van der Waals surface area contributed by atoms with Crippen LogP contribution in [0.4, 0.5) is 5.82 Å². The minimum absolute atomic E-state index is 0.217. The van der Waals surface area contributed by atoms with Gasteiger partial charge in [-0.3, -0.25) is 4.79 Å². The van der Waals surface area contributed by atoms with Crippen LogP contribution in [0.15, 0.2) is 28.5 Å². The number of nitrogens with zero attached hydrogens (tertiary/aromatic N) is 4. The van der Waals surface area contributed by atoms with Gasteiger partial charge in [0, 0.05) is 40.1 Å². The van der Waals surface area contributed by atoms with Crippen LogP contribution in [-0.2, 0) is 13.0 Å². The predicted octanol–water partition coefficient (Wildman–Crippen LogP) is 3.93. The zero-order valence-electron chi connectivity index (χ0n) is 17.3. The molecule has 1 aromatic carbocycles. The van der Waals surface area contributed by atoms with Crippen LogP contribution in [0.2, 0.25) is 0 Å². The van der Waals surface area contributed by atoms with Crippen molar-refractivity contribution in [2.24, 2.45) is 5.41 Å². The fraction of sp³-hybridized carbons (Fsp3) is 0.429. The summed E-state index contributed by atoms with van der Waals surface area (Å²) in [4.78, 5) is 26.5. The molecule has 1 aliphatic rings. The highest BCUT2D eigenvalue weighted by Gasteiger charge is 2.23. The summed E-state index contributed by atoms with van der Waals surface area (Å²) in [7, 11) is 0. The number of nitrogens with two attached hydrogens (primary N) is 1. The molecule has 158 valence electrons. The Bertz CT molecular complexity index is 1120. The van der Waals surface area contributed by atoms with Crippen LogP contribution in [0.3, 0.4) is 0 Å². The van der Waals surface area contributed by atoms with E-state index in [0.717, 1.165) is 49.9 Å². The van der Waals surface area contributed by atoms with Gasteiger partial charge in [-0.05, 0) is 52.1 Å². The van der Waals surface area contributed by atoms with E-state index in [1.54, 1.807) is 11.8 Å². The topological polar surface area (TPSA) is 98.7 Å². The summed E-state index contributed by atoms with van der Waals surface area (Å²) in [6.07, 6.45) is 2.91. The second-order valence-electron chi connectivity index (χ2n) is 8.68. The maximum absolute atomic E-state index is 12.2. The molecule has 9 heteroatoms. The van der Waals surface area contributed by atoms with Crippen molar-refractivity contribution in [2.75, 3.05) is 18.8 Å². The Morgan fingerprint density at radius 3 is 2.83 bits per heavy atom. The lowest BCUT2D eigenvalue weighted by molar-refractivity contribution is 0.0994. The molecule has 2 heterocycles. The van der Waals surface area contributed by atoms with E-state index in [1.807, 2.05) is 6.07 Å². The fourth-order valence-corrected chi connectivity index (χ4v) is 5.30. The number of carbonyl (C=O) groups excluding carboxylic acids is 1. The molecule has 30 heavy (non-hydrogen) atoms. The molecule has 0 saturated heterocycles. The first-order valence-electron chi connectivity index (χ1n) is 9.94. The second kappa shape index (κ2) is 8.43. The molecule has 4 rings (SSSR count). The molecule has 0 radical (unpaired) electrons. The molecule has 2 aromatic heterocycles. The van der Waals surface area contributed by atoms with Gasteiger partial charge >= 0.3 is 0 Å². The number of aromatic nitrogens is 4. The van der Waals surface area contributed by atoms with Crippen molar-refractivity contribution in [1.82, 2.24) is 24.8 Å². The van der Waals surface area contributed by atoms with E-state index < -0.39 is 0 Å². The van der Waals surface area contributed by atoms with Crippen LogP contribution in [0, 0.1) is 8.99 Å². The van der Waals surface area contributed by atoms with Crippen molar-refractivity contribution in [3.8, 4) is 0 Å². The van der Waals surface area contributed by atoms with Crippen molar-refractivity contribution < 1.29 is 4.79 Å². The van der Waals surface area contributed by atoms with Crippen LogP contribution in [0.25, 0.3) is 11.2 Å². The van der Waals surface area contributed by atoms with Crippen LogP contribution in [0.1, 0.15) is 43.1 Å². The number of hydrogen-bond donors (Lipinski definition) is 2. The molecule has 0 atom stereocenters. The number of benzene rings is 1. The number of hydrogen-bond acceptors (Lipinski definition) is 7. The van der Waals surface area contributed by atoms with Gasteiger partial charge in [-0.1, -0.05) is 32.5 Å². The Balaban J connectivity index is 1.66. The number of ketones is 1. The quantitative estimate of drug-likeness (QED) is 0.364. The summed E-state index contributed by atoms with van der Waals surface area (Å²) in [5, 5.41) is 4.31. The zero-order valence-corrected chi connectivity index (χ0v) is 20.3. The lowest BCUT2D eigenvalue weighted by Gasteiger charge is -2.19. The first-order chi connectivity index (χ1) is 14.2. The lowest BCUT2D eigenvalue weighted by Crippen LogP contribution is -2.29. The third kappa shape index (κ3) is 4.47. The molecule has 1 aliphatic carbocycles. The summed E-state index contributed by atoms with van der Waals surface area (Å²) in [6, 6.07) is 4.13. The van der Waals surface area contributed by atoms with Crippen LogP contribution < -0.4 is 11.1 Å². The number of nitrogens with one attached hydrogen (secondary N) is 1. The zero-order chi connectivity index (χ0) is 21.5. The maximum Gasteiger partial charge on any atom is 0.175 e. The van der Waals surface area contributed by atoms with Gasteiger partial charge in [0.05, 0.1) is 0 Å². The van der Waals surface area contributed by atoms with Gasteiger partial charge in [-0.25, -0.2) is 15.0 Å². The fourth-order valence-electron chi connectivity index (χ4n) is 3.49. The number of rotatable bonds is 6. The summed E-state index contributed by atoms with van der Waals surface area (Å²) in [5.74, 6) is 0.598. The first kappa shape index (κ1) is 21.5. The number of halogens is 1. The van der Waals surface area contributed by atoms with Crippen molar-refractivity contribution >= 4 is 57.1 Å². The van der Waals surface area contributed by atoms with E-state index in [2.05, 4.69) is 69.3 Å².